The zero-order valence-corrected chi connectivity index (χ0v) is 12.7. The maximum atomic E-state index is 11.8. The Morgan fingerprint density at radius 3 is 2.76 bits per heavy atom. The summed E-state index contributed by atoms with van der Waals surface area (Å²) in [5, 5.41) is 2.77. The molecule has 1 atom stereocenters. The van der Waals surface area contributed by atoms with E-state index in [4.69, 9.17) is 10.5 Å². The van der Waals surface area contributed by atoms with Gasteiger partial charge in [-0.15, -0.1) is 0 Å². The van der Waals surface area contributed by atoms with Crippen LogP contribution in [0.4, 0.5) is 0 Å². The number of nitrogens with two attached hydrogens (primary N) is 1. The molecule has 21 heavy (non-hydrogen) atoms. The minimum atomic E-state index is -0.376. The van der Waals surface area contributed by atoms with Crippen LogP contribution in [0.25, 0.3) is 0 Å². The number of methoxy groups -OCH3 is 1. The van der Waals surface area contributed by atoms with Gasteiger partial charge in [0.05, 0.1) is 13.0 Å². The maximum absolute atomic E-state index is 11.8. The van der Waals surface area contributed by atoms with Crippen molar-refractivity contribution in [3.63, 3.8) is 0 Å². The predicted molar refractivity (Wildman–Crippen MR) is 81.7 cm³/mol. The molecule has 0 spiro atoms. The van der Waals surface area contributed by atoms with Crippen LogP contribution in [0.5, 0.6) is 0 Å². The summed E-state index contributed by atoms with van der Waals surface area (Å²) < 4.78 is 4.82. The van der Waals surface area contributed by atoms with Crippen molar-refractivity contribution in [2.24, 2.45) is 11.7 Å². The number of ether oxygens (including phenoxy) is 1. The lowest BCUT2D eigenvalue weighted by Gasteiger charge is -2.16. The second-order valence-electron chi connectivity index (χ2n) is 5.11. The van der Waals surface area contributed by atoms with E-state index >= 15 is 0 Å². The monoisotopic (exact) mass is 292 g/mol. The average molecular weight is 292 g/mol. The van der Waals surface area contributed by atoms with Gasteiger partial charge in [0.15, 0.2) is 0 Å². The van der Waals surface area contributed by atoms with Crippen molar-refractivity contribution in [2.45, 2.75) is 26.2 Å². The van der Waals surface area contributed by atoms with Crippen LogP contribution in [0, 0.1) is 12.8 Å². The van der Waals surface area contributed by atoms with Gasteiger partial charge in [0.1, 0.15) is 0 Å². The van der Waals surface area contributed by atoms with E-state index in [1.807, 2.05) is 31.2 Å². The molecule has 1 aromatic rings. The molecule has 0 radical (unpaired) electrons. The minimum absolute atomic E-state index is 0.0846. The highest BCUT2D eigenvalue weighted by Gasteiger charge is 2.20. The molecule has 1 unspecified atom stereocenters. The molecular formula is C16H24N2O3. The largest absolute Gasteiger partial charge is 0.469 e. The Labute approximate surface area is 125 Å². The van der Waals surface area contributed by atoms with Gasteiger partial charge in [-0.3, -0.25) is 9.59 Å². The third kappa shape index (κ3) is 6.40. The lowest BCUT2D eigenvalue weighted by atomic mass is 9.98. The normalized spacial score (nSPS) is 11.8. The second-order valence-corrected chi connectivity index (χ2v) is 5.11. The summed E-state index contributed by atoms with van der Waals surface area (Å²) in [7, 11) is 1.36. The fourth-order valence-corrected chi connectivity index (χ4v) is 2.12. The van der Waals surface area contributed by atoms with Gasteiger partial charge in [0.25, 0.3) is 0 Å². The van der Waals surface area contributed by atoms with E-state index in [1.54, 1.807) is 0 Å². The molecule has 0 fully saturated rings. The number of nitrogens with one attached hydrogen (secondary N) is 1. The molecule has 1 amide bonds. The molecule has 5 nitrogen and oxygen atoms in total. The van der Waals surface area contributed by atoms with Crippen LogP contribution in [-0.4, -0.2) is 32.1 Å². The molecular weight excluding hydrogens is 268 g/mol. The van der Waals surface area contributed by atoms with Gasteiger partial charge in [0, 0.05) is 13.0 Å². The van der Waals surface area contributed by atoms with Crippen molar-refractivity contribution in [3.05, 3.63) is 35.4 Å². The first-order valence-corrected chi connectivity index (χ1v) is 7.17. The van der Waals surface area contributed by atoms with E-state index in [-0.39, 0.29) is 24.3 Å². The molecule has 0 aliphatic heterocycles. The van der Waals surface area contributed by atoms with Gasteiger partial charge in [-0.05, 0) is 31.9 Å². The van der Waals surface area contributed by atoms with Crippen molar-refractivity contribution >= 4 is 11.9 Å². The molecule has 0 saturated carbocycles. The molecule has 0 aromatic heterocycles. The third-order valence-corrected chi connectivity index (χ3v) is 3.25. The summed E-state index contributed by atoms with van der Waals surface area (Å²) in [6.45, 7) is 2.77. The standard InChI is InChI=1S/C16H24N2O3/c1-12-5-3-6-13(9-12)10-14(16(20)21-2)11-18-15(19)7-4-8-17/h3,5-6,9,14H,4,7-8,10-11,17H2,1-2H3,(H,18,19). The van der Waals surface area contributed by atoms with E-state index < -0.39 is 0 Å². The topological polar surface area (TPSA) is 81.4 Å². The van der Waals surface area contributed by atoms with Crippen molar-refractivity contribution < 1.29 is 14.3 Å². The van der Waals surface area contributed by atoms with Crippen LogP contribution >= 0.6 is 0 Å². The zero-order valence-electron chi connectivity index (χ0n) is 12.7. The first kappa shape index (κ1) is 17.2. The lowest BCUT2D eigenvalue weighted by molar-refractivity contribution is -0.145. The number of hydrogen-bond acceptors (Lipinski definition) is 4. The Hall–Kier alpha value is -1.88. The van der Waals surface area contributed by atoms with Crippen LogP contribution in [0.2, 0.25) is 0 Å². The van der Waals surface area contributed by atoms with Crippen LogP contribution in [0.15, 0.2) is 24.3 Å². The Morgan fingerprint density at radius 1 is 1.38 bits per heavy atom. The molecule has 0 bridgehead atoms. The zero-order chi connectivity index (χ0) is 15.7. The van der Waals surface area contributed by atoms with Gasteiger partial charge in [-0.25, -0.2) is 0 Å². The summed E-state index contributed by atoms with van der Waals surface area (Å²) in [6, 6.07) is 7.97. The van der Waals surface area contributed by atoms with E-state index in [1.165, 1.54) is 7.11 Å². The van der Waals surface area contributed by atoms with E-state index in [2.05, 4.69) is 5.32 Å². The lowest BCUT2D eigenvalue weighted by Crippen LogP contribution is -2.34. The van der Waals surface area contributed by atoms with Gasteiger partial charge in [0.2, 0.25) is 5.91 Å². The third-order valence-electron chi connectivity index (χ3n) is 3.25. The highest BCUT2D eigenvalue weighted by atomic mass is 16.5. The highest BCUT2D eigenvalue weighted by molar-refractivity contribution is 5.78. The summed E-state index contributed by atoms with van der Waals surface area (Å²) in [5.74, 6) is -0.771. The minimum Gasteiger partial charge on any atom is -0.469 e. The number of esters is 1. The van der Waals surface area contributed by atoms with Gasteiger partial charge in [-0.2, -0.15) is 0 Å². The number of benzene rings is 1. The summed E-state index contributed by atoms with van der Waals surface area (Å²) >= 11 is 0. The first-order chi connectivity index (χ1) is 10.1. The predicted octanol–water partition coefficient (Wildman–Crippen LogP) is 1.18. The second kappa shape index (κ2) is 9.13. The number of hydrogen-bond donors (Lipinski definition) is 2. The molecule has 0 aliphatic carbocycles. The Bertz CT molecular complexity index is 474. The number of carbonyl (C=O) groups excluding carboxylic acids is 2. The average Bonchev–Trinajstić information content (AvgIpc) is 2.48. The van der Waals surface area contributed by atoms with E-state index in [9.17, 15) is 9.59 Å². The van der Waals surface area contributed by atoms with Crippen molar-refractivity contribution in [2.75, 3.05) is 20.2 Å². The Kier molecular flexibility index (Phi) is 7.46. The van der Waals surface area contributed by atoms with Gasteiger partial charge < -0.3 is 15.8 Å². The molecule has 1 rings (SSSR count). The fraction of sp³-hybridized carbons (Fsp3) is 0.500. The molecule has 0 heterocycles. The van der Waals surface area contributed by atoms with Crippen LogP contribution in [-0.2, 0) is 20.7 Å². The molecule has 0 aliphatic rings. The number of carbonyl (C=O) groups is 2. The van der Waals surface area contributed by atoms with Gasteiger partial charge >= 0.3 is 5.97 Å². The van der Waals surface area contributed by atoms with E-state index in [0.29, 0.717) is 25.8 Å². The van der Waals surface area contributed by atoms with Crippen molar-refractivity contribution in [3.8, 4) is 0 Å². The van der Waals surface area contributed by atoms with Crippen LogP contribution in [0.1, 0.15) is 24.0 Å². The summed E-state index contributed by atoms with van der Waals surface area (Å²) in [5.41, 5.74) is 7.56. The number of aryl methyl sites for hydroxylation is 1. The van der Waals surface area contributed by atoms with E-state index in [0.717, 1.165) is 11.1 Å². The van der Waals surface area contributed by atoms with Crippen LogP contribution in [0.3, 0.4) is 0 Å². The molecule has 0 saturated heterocycles. The maximum Gasteiger partial charge on any atom is 0.310 e. The fourth-order valence-electron chi connectivity index (χ4n) is 2.12. The molecule has 5 heteroatoms. The van der Waals surface area contributed by atoms with Gasteiger partial charge in [-0.1, -0.05) is 29.8 Å². The Morgan fingerprint density at radius 2 is 2.14 bits per heavy atom. The van der Waals surface area contributed by atoms with Crippen LogP contribution < -0.4 is 11.1 Å². The molecule has 3 N–H and O–H groups in total. The Balaban J connectivity index is 2.60. The summed E-state index contributed by atoms with van der Waals surface area (Å²) in [4.78, 5) is 23.4. The highest BCUT2D eigenvalue weighted by Crippen LogP contribution is 2.12. The molecule has 1 aromatic carbocycles. The molecule has 116 valence electrons. The SMILES string of the molecule is COC(=O)C(CNC(=O)CCCN)Cc1cccc(C)c1. The van der Waals surface area contributed by atoms with Crippen molar-refractivity contribution in [1.29, 1.82) is 0 Å². The van der Waals surface area contributed by atoms with Crippen molar-refractivity contribution in [1.82, 2.24) is 5.32 Å². The summed E-state index contributed by atoms with van der Waals surface area (Å²) in [6.07, 6.45) is 1.58. The quantitative estimate of drug-likeness (QED) is 0.705. The first-order valence-electron chi connectivity index (χ1n) is 7.17. The number of amides is 1. The smallest absolute Gasteiger partial charge is 0.310 e. The number of rotatable bonds is 8.